The van der Waals surface area contributed by atoms with E-state index in [4.69, 9.17) is 10.6 Å². The highest BCUT2D eigenvalue weighted by Crippen LogP contribution is 2.72. The van der Waals surface area contributed by atoms with Crippen LogP contribution in [0.25, 0.3) is 0 Å². The minimum atomic E-state index is -0.335. The lowest BCUT2D eigenvalue weighted by Gasteiger charge is -2.68. The molecular weight excluding hydrogens is 588 g/mol. The number of nitrogens with two attached hydrogens (primary N) is 1. The molecule has 3 N–H and O–H groups in total. The molecule has 1 saturated heterocycles. The summed E-state index contributed by atoms with van der Waals surface area (Å²) in [6, 6.07) is 0.303. The van der Waals surface area contributed by atoms with Crippen molar-refractivity contribution in [1.29, 1.82) is 0 Å². The van der Waals surface area contributed by atoms with Gasteiger partial charge >= 0.3 is 5.97 Å². The van der Waals surface area contributed by atoms with Crippen molar-refractivity contribution in [2.24, 2.45) is 50.8 Å². The fraction of sp³-hybridized carbons (Fsp3) is 0.846. The molecule has 9 atom stereocenters. The van der Waals surface area contributed by atoms with Gasteiger partial charge in [-0.05, 0) is 118 Å². The normalized spacial score (nSPS) is 39.1. The van der Waals surface area contributed by atoms with E-state index >= 15 is 0 Å². The number of ketones is 1. The zero-order valence-corrected chi connectivity index (χ0v) is 30.8. The highest BCUT2D eigenvalue weighted by atomic mass is 16.7. The molecule has 0 aromatic carbocycles. The van der Waals surface area contributed by atoms with Crippen molar-refractivity contribution >= 4 is 23.4 Å². The second-order valence-electron chi connectivity index (χ2n) is 17.5. The molecule has 0 bridgehead atoms. The molecule has 4 aliphatic carbocycles. The predicted octanol–water partition coefficient (Wildman–Crippen LogP) is 6.96. The van der Waals surface area contributed by atoms with E-state index < -0.39 is 0 Å². The van der Waals surface area contributed by atoms with Crippen LogP contribution < -0.4 is 11.1 Å². The number of nitrogens with one attached hydrogen (secondary N) is 1. The lowest BCUT2D eigenvalue weighted by atomic mass is 9.38. The Hall–Kier alpha value is -2.06. The van der Waals surface area contributed by atoms with Gasteiger partial charge in [0.25, 0.3) is 0 Å². The quantitative estimate of drug-likeness (QED) is 0.108. The van der Waals surface area contributed by atoms with Crippen LogP contribution in [0.5, 0.6) is 0 Å². The highest BCUT2D eigenvalue weighted by molar-refractivity contribution is 5.91. The molecule has 264 valence electrons. The monoisotopic (exact) mass is 652 g/mol. The van der Waals surface area contributed by atoms with E-state index in [1.807, 2.05) is 27.1 Å². The Bertz CT molecular complexity index is 1280. The van der Waals surface area contributed by atoms with E-state index in [0.717, 1.165) is 95.6 Å². The number of carbonyl (C=O) groups excluding carboxylic acids is 3. The van der Waals surface area contributed by atoms with Crippen molar-refractivity contribution in [2.75, 3.05) is 14.1 Å². The smallest absolute Gasteiger partial charge is 0.338 e. The van der Waals surface area contributed by atoms with Gasteiger partial charge in [0.15, 0.2) is 5.78 Å². The molecule has 0 aromatic heterocycles. The van der Waals surface area contributed by atoms with Gasteiger partial charge in [-0.3, -0.25) is 9.59 Å². The summed E-state index contributed by atoms with van der Waals surface area (Å²) in [6.07, 6.45) is 16.1. The second kappa shape index (κ2) is 13.7. The molecule has 0 radical (unpaired) electrons. The van der Waals surface area contributed by atoms with Gasteiger partial charge in [0.2, 0.25) is 5.91 Å². The van der Waals surface area contributed by atoms with E-state index in [0.29, 0.717) is 24.3 Å². The molecule has 3 saturated carbocycles. The zero-order valence-electron chi connectivity index (χ0n) is 30.8. The Morgan fingerprint density at radius 1 is 1.02 bits per heavy atom. The van der Waals surface area contributed by atoms with Crippen LogP contribution in [0.2, 0.25) is 0 Å². The van der Waals surface area contributed by atoms with Crippen molar-refractivity contribution in [3.8, 4) is 0 Å². The van der Waals surface area contributed by atoms with E-state index in [1.54, 1.807) is 4.90 Å². The van der Waals surface area contributed by atoms with Gasteiger partial charge in [-0.15, -0.1) is 0 Å². The van der Waals surface area contributed by atoms with E-state index in [-0.39, 0.29) is 57.3 Å². The maximum absolute atomic E-state index is 13.4. The van der Waals surface area contributed by atoms with Gasteiger partial charge in [0.1, 0.15) is 0 Å². The highest BCUT2D eigenvalue weighted by Gasteiger charge is 2.70. The predicted molar refractivity (Wildman–Crippen MR) is 187 cm³/mol. The Morgan fingerprint density at radius 2 is 1.77 bits per heavy atom. The number of carbonyl (C=O) groups is 3. The molecule has 8 nitrogen and oxygen atoms in total. The van der Waals surface area contributed by atoms with Gasteiger partial charge in [0, 0.05) is 38.0 Å². The van der Waals surface area contributed by atoms with Crippen molar-refractivity contribution in [2.45, 2.75) is 155 Å². The third-order valence-electron chi connectivity index (χ3n) is 14.2. The number of likely N-dealkylation sites (N-methyl/N-ethyl adjacent to an activating group) is 1. The maximum atomic E-state index is 13.4. The maximum Gasteiger partial charge on any atom is 0.338 e. The molecule has 1 amide bonds. The molecule has 0 aromatic rings. The summed E-state index contributed by atoms with van der Waals surface area (Å²) in [7, 11) is 3.62. The van der Waals surface area contributed by atoms with Gasteiger partial charge in [-0.2, -0.15) is 0 Å². The van der Waals surface area contributed by atoms with Crippen LogP contribution in [-0.4, -0.2) is 60.0 Å². The lowest BCUT2D eigenvalue weighted by Crippen LogP contribution is -2.71. The summed E-state index contributed by atoms with van der Waals surface area (Å²) < 4.78 is 0. The average molecular weight is 653 g/mol. The second-order valence-corrected chi connectivity index (χ2v) is 17.5. The molecule has 5 rings (SSSR count). The number of amides is 1. The van der Waals surface area contributed by atoms with Crippen molar-refractivity contribution in [3.63, 3.8) is 0 Å². The van der Waals surface area contributed by atoms with E-state index in [2.05, 4.69) is 45.1 Å². The Kier molecular flexibility index (Phi) is 10.5. The first-order valence-corrected chi connectivity index (χ1v) is 18.8. The summed E-state index contributed by atoms with van der Waals surface area (Å²) in [5.74, 6) is 1.12. The molecule has 1 aliphatic heterocycles. The number of fused-ring (bicyclic) bond motifs is 5. The van der Waals surface area contributed by atoms with Crippen LogP contribution in [0.3, 0.4) is 0 Å². The minimum Gasteiger partial charge on any atom is -0.347 e. The molecule has 47 heavy (non-hydrogen) atoms. The summed E-state index contributed by atoms with van der Waals surface area (Å²) in [5, 5.41) is 8.07. The topological polar surface area (TPSA) is 114 Å². The van der Waals surface area contributed by atoms with Crippen LogP contribution in [-0.2, 0) is 19.2 Å². The molecule has 4 fully saturated rings. The summed E-state index contributed by atoms with van der Waals surface area (Å²) in [6.45, 7) is 13.6. The lowest BCUT2D eigenvalue weighted by molar-refractivity contribution is -0.149. The fourth-order valence-electron chi connectivity index (χ4n) is 11.4. The van der Waals surface area contributed by atoms with Gasteiger partial charge < -0.3 is 20.8 Å². The molecule has 0 spiro atoms. The summed E-state index contributed by atoms with van der Waals surface area (Å²) >= 11 is 0. The van der Waals surface area contributed by atoms with Gasteiger partial charge in [-0.1, -0.05) is 58.2 Å². The van der Waals surface area contributed by atoms with Crippen LogP contribution in [0.1, 0.15) is 138 Å². The largest absolute Gasteiger partial charge is 0.347 e. The SMILES string of the molecule is C/C(=N\OC(=O)C(CCCCC1CCC(C(=O)N(C)C)N1)CC(C)C)[C@H]1CC[C@]2(N)C1(C)CC[C@@H]1[C@@]3(C)CCC(=O)C=C3CC[C@]12C. The molecule has 5 aliphatic rings. The standard InChI is InChI=1S/C39H64N4O4/c1-25(2)23-27(11-9-10-12-29-13-14-32(41-29)34(45)43(7)8)35(46)47-42-26(3)31-17-22-39(40)37(31,5)21-18-33-36(4)19-16-30(44)24-28(36)15-20-38(33,39)6/h24-25,27,29,31-33,41H,9-23,40H2,1-8H3/b42-26+/t27?,29?,31-,32?,33-,36+,37?,38-,39+/m1/s1. The number of unbranched alkanes of at least 4 members (excludes halogenated alkanes) is 1. The first-order valence-electron chi connectivity index (χ1n) is 18.8. The average Bonchev–Trinajstić information content (AvgIpc) is 3.60. The van der Waals surface area contributed by atoms with Crippen LogP contribution >= 0.6 is 0 Å². The Balaban J connectivity index is 1.19. The molecule has 4 unspecified atom stereocenters. The number of hydrogen-bond acceptors (Lipinski definition) is 7. The Labute approximate surface area is 284 Å². The van der Waals surface area contributed by atoms with Crippen LogP contribution in [0.4, 0.5) is 0 Å². The van der Waals surface area contributed by atoms with Crippen molar-refractivity contribution in [3.05, 3.63) is 11.6 Å². The third-order valence-corrected chi connectivity index (χ3v) is 14.2. The number of nitrogens with zero attached hydrogens (tertiary/aromatic N) is 2. The van der Waals surface area contributed by atoms with E-state index in [9.17, 15) is 14.4 Å². The first kappa shape index (κ1) is 36.2. The third kappa shape index (κ3) is 6.51. The van der Waals surface area contributed by atoms with Crippen LogP contribution in [0.15, 0.2) is 16.8 Å². The Morgan fingerprint density at radius 3 is 2.47 bits per heavy atom. The fourth-order valence-corrected chi connectivity index (χ4v) is 11.4. The van der Waals surface area contributed by atoms with Crippen LogP contribution in [0, 0.1) is 39.9 Å². The summed E-state index contributed by atoms with van der Waals surface area (Å²) in [4.78, 5) is 45.5. The van der Waals surface area contributed by atoms with Gasteiger partial charge in [-0.25, -0.2) is 4.79 Å². The molecular formula is C39H64N4O4. The number of allylic oxidation sites excluding steroid dienone is 1. The van der Waals surface area contributed by atoms with Gasteiger partial charge in [0.05, 0.1) is 17.7 Å². The first-order chi connectivity index (χ1) is 22.1. The summed E-state index contributed by atoms with van der Waals surface area (Å²) in [5.41, 5.74) is 9.50. The number of rotatable bonds is 11. The van der Waals surface area contributed by atoms with Crippen molar-refractivity contribution < 1.29 is 19.2 Å². The number of hydrogen-bond donors (Lipinski definition) is 2. The number of oxime groups is 1. The minimum absolute atomic E-state index is 0.0165. The van der Waals surface area contributed by atoms with Crippen molar-refractivity contribution in [1.82, 2.24) is 10.2 Å². The molecule has 1 heterocycles. The zero-order chi connectivity index (χ0) is 34.4. The molecule has 8 heteroatoms. The van der Waals surface area contributed by atoms with E-state index in [1.165, 1.54) is 5.57 Å².